The quantitative estimate of drug-likeness (QED) is 0.868. The lowest BCUT2D eigenvalue weighted by molar-refractivity contribution is -0.133. The minimum atomic E-state index is -0.592. The summed E-state index contributed by atoms with van der Waals surface area (Å²) in [6.07, 6.45) is 0. The number of nitrogens with one attached hydrogen (secondary N) is 1. The molecule has 0 aromatic heterocycles. The Labute approximate surface area is 120 Å². The molecular weight excluding hydrogens is 254 g/mol. The first-order valence-electron chi connectivity index (χ1n) is 6.74. The summed E-state index contributed by atoms with van der Waals surface area (Å²) in [6, 6.07) is 9.12. The van der Waals surface area contributed by atoms with Gasteiger partial charge in [0.1, 0.15) is 6.04 Å². The van der Waals surface area contributed by atoms with Crippen molar-refractivity contribution in [3.63, 3.8) is 0 Å². The van der Waals surface area contributed by atoms with E-state index >= 15 is 0 Å². The van der Waals surface area contributed by atoms with Crippen LogP contribution >= 0.6 is 0 Å². The highest BCUT2D eigenvalue weighted by atomic mass is 16.5. The molecule has 4 nitrogen and oxygen atoms in total. The molecule has 0 saturated carbocycles. The molecule has 0 aliphatic rings. The Hall–Kier alpha value is -1.68. The number of Topliss-reactive ketones (excluding diaryl/α,β-unsaturated/α-hetero) is 1. The van der Waals surface area contributed by atoms with Gasteiger partial charge in [-0.25, -0.2) is 0 Å². The van der Waals surface area contributed by atoms with E-state index in [0.717, 1.165) is 5.56 Å². The van der Waals surface area contributed by atoms with Crippen LogP contribution in [0.2, 0.25) is 0 Å². The summed E-state index contributed by atoms with van der Waals surface area (Å²) < 4.78 is 5.52. The molecule has 0 aliphatic heterocycles. The molecule has 1 N–H and O–H groups in total. The van der Waals surface area contributed by atoms with Crippen LogP contribution in [0.5, 0.6) is 0 Å². The van der Waals surface area contributed by atoms with Gasteiger partial charge in [-0.3, -0.25) is 9.59 Å². The van der Waals surface area contributed by atoms with Crippen molar-refractivity contribution in [3.05, 3.63) is 35.9 Å². The van der Waals surface area contributed by atoms with E-state index in [1.54, 1.807) is 0 Å². The van der Waals surface area contributed by atoms with Gasteiger partial charge in [0.25, 0.3) is 0 Å². The predicted molar refractivity (Wildman–Crippen MR) is 78.2 cm³/mol. The van der Waals surface area contributed by atoms with E-state index in [0.29, 0.717) is 6.61 Å². The highest BCUT2D eigenvalue weighted by molar-refractivity contribution is 5.89. The second-order valence-electron chi connectivity index (χ2n) is 5.89. The van der Waals surface area contributed by atoms with Crippen molar-refractivity contribution >= 4 is 11.7 Å². The van der Waals surface area contributed by atoms with Crippen LogP contribution in [0.25, 0.3) is 0 Å². The van der Waals surface area contributed by atoms with Crippen LogP contribution in [0.15, 0.2) is 30.3 Å². The summed E-state index contributed by atoms with van der Waals surface area (Å²) in [6.45, 7) is 7.50. The fourth-order valence-corrected chi connectivity index (χ4v) is 1.50. The van der Waals surface area contributed by atoms with E-state index in [9.17, 15) is 9.59 Å². The highest BCUT2D eigenvalue weighted by Crippen LogP contribution is 2.13. The molecule has 20 heavy (non-hydrogen) atoms. The highest BCUT2D eigenvalue weighted by Gasteiger charge is 2.25. The Morgan fingerprint density at radius 1 is 1.20 bits per heavy atom. The van der Waals surface area contributed by atoms with Crippen LogP contribution in [0, 0.1) is 5.41 Å². The zero-order valence-electron chi connectivity index (χ0n) is 12.6. The Kier molecular flexibility index (Phi) is 5.89. The van der Waals surface area contributed by atoms with Crippen LogP contribution in [-0.2, 0) is 20.9 Å². The molecular formula is C16H23NO3. The van der Waals surface area contributed by atoms with Crippen molar-refractivity contribution in [2.45, 2.75) is 40.3 Å². The van der Waals surface area contributed by atoms with Gasteiger partial charge in [-0.1, -0.05) is 51.1 Å². The molecule has 0 fully saturated rings. The zero-order valence-corrected chi connectivity index (χ0v) is 12.6. The topological polar surface area (TPSA) is 55.4 Å². The van der Waals surface area contributed by atoms with Crippen LogP contribution in [0.4, 0.5) is 0 Å². The van der Waals surface area contributed by atoms with E-state index in [4.69, 9.17) is 4.74 Å². The summed E-state index contributed by atoms with van der Waals surface area (Å²) in [5, 5.41) is 2.73. The van der Waals surface area contributed by atoms with Gasteiger partial charge in [0.05, 0.1) is 13.2 Å². The molecule has 1 unspecified atom stereocenters. The van der Waals surface area contributed by atoms with E-state index in [1.165, 1.54) is 6.92 Å². The number of rotatable bonds is 6. The summed E-state index contributed by atoms with van der Waals surface area (Å²) in [4.78, 5) is 23.4. The fraction of sp³-hybridized carbons (Fsp3) is 0.500. The molecule has 0 spiro atoms. The number of amides is 1. The number of carbonyl (C=O) groups is 2. The van der Waals surface area contributed by atoms with Crippen molar-refractivity contribution in [2.24, 2.45) is 5.41 Å². The molecule has 1 aromatic rings. The molecule has 0 radical (unpaired) electrons. The van der Waals surface area contributed by atoms with Crippen LogP contribution in [-0.4, -0.2) is 24.3 Å². The molecule has 1 rings (SSSR count). The van der Waals surface area contributed by atoms with E-state index in [1.807, 2.05) is 51.1 Å². The second kappa shape index (κ2) is 7.20. The third-order valence-electron chi connectivity index (χ3n) is 2.87. The molecule has 1 amide bonds. The second-order valence-corrected chi connectivity index (χ2v) is 5.89. The van der Waals surface area contributed by atoms with Gasteiger partial charge in [-0.05, 0) is 12.5 Å². The Balaban J connectivity index is 2.48. The minimum absolute atomic E-state index is 0.101. The maximum Gasteiger partial charge on any atom is 0.226 e. The first kappa shape index (κ1) is 16.4. The number of benzene rings is 1. The molecule has 0 aliphatic carbocycles. The summed E-state index contributed by atoms with van der Waals surface area (Å²) in [7, 11) is 0. The smallest absolute Gasteiger partial charge is 0.226 e. The zero-order chi connectivity index (χ0) is 15.2. The standard InChI is InChI=1S/C16H23NO3/c1-12(18)14(17-15(19)16(2,3)4)11-20-10-13-8-6-5-7-9-13/h5-9,14H,10-11H2,1-4H3,(H,17,19). The molecule has 1 aromatic carbocycles. The lowest BCUT2D eigenvalue weighted by atomic mass is 9.95. The predicted octanol–water partition coefficient (Wildman–Crippen LogP) is 2.32. The first-order valence-corrected chi connectivity index (χ1v) is 6.74. The normalized spacial score (nSPS) is 12.8. The van der Waals surface area contributed by atoms with Crippen molar-refractivity contribution < 1.29 is 14.3 Å². The fourth-order valence-electron chi connectivity index (χ4n) is 1.50. The van der Waals surface area contributed by atoms with E-state index in [-0.39, 0.29) is 18.3 Å². The summed E-state index contributed by atoms with van der Waals surface area (Å²) in [5.74, 6) is -0.253. The van der Waals surface area contributed by atoms with Gasteiger partial charge in [0.15, 0.2) is 5.78 Å². The van der Waals surface area contributed by atoms with Crippen LogP contribution in [0.1, 0.15) is 33.3 Å². The van der Waals surface area contributed by atoms with Gasteiger partial charge >= 0.3 is 0 Å². The van der Waals surface area contributed by atoms with Gasteiger partial charge in [0.2, 0.25) is 5.91 Å². The van der Waals surface area contributed by atoms with Crippen molar-refractivity contribution in [3.8, 4) is 0 Å². The number of hydrogen-bond donors (Lipinski definition) is 1. The van der Waals surface area contributed by atoms with Gasteiger partial charge < -0.3 is 10.1 Å². The average molecular weight is 277 g/mol. The van der Waals surface area contributed by atoms with Crippen LogP contribution < -0.4 is 5.32 Å². The molecule has 0 bridgehead atoms. The maximum absolute atomic E-state index is 11.9. The lowest BCUT2D eigenvalue weighted by Crippen LogP contribution is -2.47. The van der Waals surface area contributed by atoms with Crippen molar-refractivity contribution in [2.75, 3.05) is 6.61 Å². The molecule has 0 saturated heterocycles. The Morgan fingerprint density at radius 2 is 1.80 bits per heavy atom. The van der Waals surface area contributed by atoms with Crippen LogP contribution in [0.3, 0.4) is 0 Å². The molecule has 1 atom stereocenters. The van der Waals surface area contributed by atoms with Crippen molar-refractivity contribution in [1.82, 2.24) is 5.32 Å². The van der Waals surface area contributed by atoms with E-state index < -0.39 is 11.5 Å². The number of carbonyl (C=O) groups excluding carboxylic acids is 2. The first-order chi connectivity index (χ1) is 9.30. The Bertz CT molecular complexity index is 449. The monoisotopic (exact) mass is 277 g/mol. The lowest BCUT2D eigenvalue weighted by Gasteiger charge is -2.22. The number of ketones is 1. The average Bonchev–Trinajstić information content (AvgIpc) is 2.37. The maximum atomic E-state index is 11.9. The SMILES string of the molecule is CC(=O)C(COCc1ccccc1)NC(=O)C(C)(C)C. The third-order valence-corrected chi connectivity index (χ3v) is 2.87. The Morgan fingerprint density at radius 3 is 2.30 bits per heavy atom. The summed E-state index contributed by atoms with van der Waals surface area (Å²) in [5.41, 5.74) is 0.518. The van der Waals surface area contributed by atoms with Gasteiger partial charge in [0, 0.05) is 5.41 Å². The number of hydrogen-bond acceptors (Lipinski definition) is 3. The summed E-state index contributed by atoms with van der Waals surface area (Å²) >= 11 is 0. The minimum Gasteiger partial charge on any atom is -0.374 e. The molecule has 0 heterocycles. The largest absolute Gasteiger partial charge is 0.374 e. The van der Waals surface area contributed by atoms with E-state index in [2.05, 4.69) is 5.32 Å². The van der Waals surface area contributed by atoms with Gasteiger partial charge in [-0.2, -0.15) is 0 Å². The van der Waals surface area contributed by atoms with Gasteiger partial charge in [-0.15, -0.1) is 0 Å². The molecule has 4 heteroatoms. The van der Waals surface area contributed by atoms with Crippen molar-refractivity contribution in [1.29, 1.82) is 0 Å². The number of ether oxygens (including phenoxy) is 1. The third kappa shape index (κ3) is 5.53. The molecule has 110 valence electrons.